The molecule has 2 heteroatoms. The summed E-state index contributed by atoms with van der Waals surface area (Å²) in [5.41, 5.74) is -0.488. The van der Waals surface area contributed by atoms with Gasteiger partial charge in [-0.05, 0) is 43.4 Å². The second kappa shape index (κ2) is 7.42. The largest absolute Gasteiger partial charge is 0.367 e. The Morgan fingerprint density at radius 2 is 1.95 bits per heavy atom. The molecule has 0 saturated heterocycles. The van der Waals surface area contributed by atoms with Crippen molar-refractivity contribution in [3.8, 4) is 0 Å². The number of Topliss-reactive ketones (excluding diaryl/α,β-unsaturated/α-hetero) is 1. The lowest BCUT2D eigenvalue weighted by molar-refractivity contribution is -0.167. The Labute approximate surface area is 119 Å². The number of carbonyl (C=O) groups is 1. The van der Waals surface area contributed by atoms with Gasteiger partial charge in [0.05, 0.1) is 0 Å². The lowest BCUT2D eigenvalue weighted by atomic mass is 9.64. The third-order valence-corrected chi connectivity index (χ3v) is 4.54. The summed E-state index contributed by atoms with van der Waals surface area (Å²) in [4.78, 5) is 12.8. The average Bonchev–Trinajstić information content (AvgIpc) is 2.36. The first-order chi connectivity index (χ1) is 8.97. The highest BCUT2D eigenvalue weighted by molar-refractivity contribution is 5.88. The summed E-state index contributed by atoms with van der Waals surface area (Å²) in [6.45, 7) is 11.7. The molecule has 1 aliphatic rings. The van der Waals surface area contributed by atoms with Crippen molar-refractivity contribution in [2.24, 2.45) is 17.8 Å². The van der Waals surface area contributed by atoms with Crippen molar-refractivity contribution in [1.29, 1.82) is 0 Å². The highest BCUT2D eigenvalue weighted by Crippen LogP contribution is 2.44. The average molecular weight is 268 g/mol. The van der Waals surface area contributed by atoms with Crippen LogP contribution in [0, 0.1) is 17.8 Å². The van der Waals surface area contributed by atoms with Gasteiger partial charge in [0.1, 0.15) is 5.60 Å². The van der Waals surface area contributed by atoms with E-state index in [-0.39, 0.29) is 0 Å². The summed E-state index contributed by atoms with van der Waals surface area (Å²) in [5, 5.41) is 0. The summed E-state index contributed by atoms with van der Waals surface area (Å²) in [7, 11) is 0. The maximum Gasteiger partial charge on any atom is 0.164 e. The molecule has 1 saturated carbocycles. The van der Waals surface area contributed by atoms with Crippen LogP contribution >= 0.6 is 0 Å². The molecule has 0 amide bonds. The zero-order valence-electron chi connectivity index (χ0n) is 13.5. The molecule has 0 heterocycles. The summed E-state index contributed by atoms with van der Waals surface area (Å²) in [6.07, 6.45) is 5.88. The zero-order valence-corrected chi connectivity index (χ0v) is 13.5. The third kappa shape index (κ3) is 3.81. The first-order valence-corrected chi connectivity index (χ1v) is 8.15. The standard InChI is InChI=1S/C17H32O2/c1-6-8-16(18)17(19-11-7-2)12-14(5)9-10-15(17)13(3)4/h13-15H,6-12H2,1-5H3. The van der Waals surface area contributed by atoms with E-state index < -0.39 is 5.60 Å². The van der Waals surface area contributed by atoms with Crippen LogP contribution < -0.4 is 0 Å². The lowest BCUT2D eigenvalue weighted by Crippen LogP contribution is -2.53. The molecule has 0 radical (unpaired) electrons. The normalized spacial score (nSPS) is 31.7. The van der Waals surface area contributed by atoms with E-state index in [1.807, 2.05) is 0 Å². The fourth-order valence-electron chi connectivity index (χ4n) is 3.63. The van der Waals surface area contributed by atoms with Gasteiger partial charge >= 0.3 is 0 Å². The van der Waals surface area contributed by atoms with Crippen molar-refractivity contribution < 1.29 is 9.53 Å². The summed E-state index contributed by atoms with van der Waals surface area (Å²) < 4.78 is 6.23. The van der Waals surface area contributed by atoms with Crippen molar-refractivity contribution >= 4 is 5.78 Å². The van der Waals surface area contributed by atoms with Crippen molar-refractivity contribution in [3.63, 3.8) is 0 Å². The van der Waals surface area contributed by atoms with Crippen LogP contribution in [0.5, 0.6) is 0 Å². The van der Waals surface area contributed by atoms with Crippen LogP contribution in [0.1, 0.15) is 73.1 Å². The molecule has 2 nitrogen and oxygen atoms in total. The second-order valence-corrected chi connectivity index (χ2v) is 6.65. The topological polar surface area (TPSA) is 26.3 Å². The fourth-order valence-corrected chi connectivity index (χ4v) is 3.63. The molecule has 1 aliphatic carbocycles. The maximum atomic E-state index is 12.8. The van der Waals surface area contributed by atoms with Gasteiger partial charge in [-0.2, -0.15) is 0 Å². The Hall–Kier alpha value is -0.370. The molecule has 1 fully saturated rings. The molecule has 3 unspecified atom stereocenters. The third-order valence-electron chi connectivity index (χ3n) is 4.54. The Morgan fingerprint density at radius 3 is 2.47 bits per heavy atom. The summed E-state index contributed by atoms with van der Waals surface area (Å²) in [5.74, 6) is 1.88. The van der Waals surface area contributed by atoms with Gasteiger partial charge in [-0.25, -0.2) is 0 Å². The zero-order chi connectivity index (χ0) is 14.5. The molecule has 0 spiro atoms. The SMILES string of the molecule is CCCOC1(C(=O)CCC)CC(C)CCC1C(C)C. The van der Waals surface area contributed by atoms with Crippen LogP contribution in [0.2, 0.25) is 0 Å². The molecule has 0 aliphatic heterocycles. The molecule has 0 N–H and O–H groups in total. The number of carbonyl (C=O) groups excluding carboxylic acids is 1. The minimum atomic E-state index is -0.488. The molecule has 0 aromatic carbocycles. The van der Waals surface area contributed by atoms with Crippen molar-refractivity contribution in [1.82, 2.24) is 0 Å². The first kappa shape index (κ1) is 16.7. The molecule has 0 aromatic heterocycles. The van der Waals surface area contributed by atoms with Gasteiger partial charge in [-0.1, -0.05) is 41.0 Å². The predicted molar refractivity (Wildman–Crippen MR) is 80.2 cm³/mol. The molecule has 0 aromatic rings. The Morgan fingerprint density at radius 1 is 1.26 bits per heavy atom. The van der Waals surface area contributed by atoms with Crippen LogP contribution in [0.15, 0.2) is 0 Å². The van der Waals surface area contributed by atoms with E-state index in [0.29, 0.717) is 36.6 Å². The van der Waals surface area contributed by atoms with Gasteiger partial charge in [-0.15, -0.1) is 0 Å². The predicted octanol–water partition coefficient (Wildman–Crippen LogP) is 4.61. The van der Waals surface area contributed by atoms with E-state index in [9.17, 15) is 4.79 Å². The van der Waals surface area contributed by atoms with Crippen molar-refractivity contribution in [2.75, 3.05) is 6.61 Å². The minimum absolute atomic E-state index is 0.355. The van der Waals surface area contributed by atoms with Gasteiger partial charge in [0.25, 0.3) is 0 Å². The van der Waals surface area contributed by atoms with Crippen molar-refractivity contribution in [2.45, 2.75) is 78.7 Å². The number of hydrogen-bond acceptors (Lipinski definition) is 2. The number of ketones is 1. The van der Waals surface area contributed by atoms with Gasteiger partial charge in [0, 0.05) is 13.0 Å². The van der Waals surface area contributed by atoms with E-state index in [4.69, 9.17) is 4.74 Å². The fraction of sp³-hybridized carbons (Fsp3) is 0.941. The molecular weight excluding hydrogens is 236 g/mol. The van der Waals surface area contributed by atoms with Crippen LogP contribution in [0.3, 0.4) is 0 Å². The van der Waals surface area contributed by atoms with Crippen LogP contribution in [-0.4, -0.2) is 18.0 Å². The Kier molecular flexibility index (Phi) is 6.52. The summed E-state index contributed by atoms with van der Waals surface area (Å²) >= 11 is 0. The first-order valence-electron chi connectivity index (χ1n) is 8.15. The quantitative estimate of drug-likeness (QED) is 0.674. The minimum Gasteiger partial charge on any atom is -0.367 e. The molecular formula is C17H32O2. The highest BCUT2D eigenvalue weighted by Gasteiger charge is 2.49. The number of hydrogen-bond donors (Lipinski definition) is 0. The van der Waals surface area contributed by atoms with E-state index in [1.54, 1.807) is 0 Å². The Bertz CT molecular complexity index is 285. The van der Waals surface area contributed by atoms with E-state index in [1.165, 1.54) is 6.42 Å². The highest BCUT2D eigenvalue weighted by atomic mass is 16.5. The van der Waals surface area contributed by atoms with Crippen molar-refractivity contribution in [3.05, 3.63) is 0 Å². The van der Waals surface area contributed by atoms with Crippen LogP contribution in [0.25, 0.3) is 0 Å². The summed E-state index contributed by atoms with van der Waals surface area (Å²) in [6, 6.07) is 0. The van der Waals surface area contributed by atoms with Gasteiger partial charge in [-0.3, -0.25) is 4.79 Å². The molecule has 112 valence electrons. The van der Waals surface area contributed by atoms with E-state index in [2.05, 4.69) is 34.6 Å². The molecule has 0 bridgehead atoms. The molecule has 1 rings (SSSR count). The van der Waals surface area contributed by atoms with Gasteiger partial charge in [0.15, 0.2) is 5.78 Å². The Balaban J connectivity index is 3.02. The molecule has 3 atom stereocenters. The lowest BCUT2D eigenvalue weighted by Gasteiger charge is -2.47. The second-order valence-electron chi connectivity index (χ2n) is 6.65. The number of ether oxygens (including phenoxy) is 1. The van der Waals surface area contributed by atoms with Crippen LogP contribution in [0.4, 0.5) is 0 Å². The van der Waals surface area contributed by atoms with Crippen LogP contribution in [-0.2, 0) is 9.53 Å². The molecule has 19 heavy (non-hydrogen) atoms. The maximum absolute atomic E-state index is 12.8. The van der Waals surface area contributed by atoms with E-state index >= 15 is 0 Å². The van der Waals surface area contributed by atoms with E-state index in [0.717, 1.165) is 25.7 Å². The van der Waals surface area contributed by atoms with Gasteiger partial charge in [0.2, 0.25) is 0 Å². The number of rotatable bonds is 7. The van der Waals surface area contributed by atoms with Gasteiger partial charge < -0.3 is 4.74 Å². The monoisotopic (exact) mass is 268 g/mol. The smallest absolute Gasteiger partial charge is 0.164 e.